The van der Waals surface area contributed by atoms with Crippen molar-refractivity contribution in [3.8, 4) is 0 Å². The molecule has 0 aromatic rings. The Kier molecular flexibility index (Phi) is 7.29. The predicted molar refractivity (Wildman–Crippen MR) is 37.1 cm³/mol. The second-order valence-corrected chi connectivity index (χ2v) is 1.90. The summed E-state index contributed by atoms with van der Waals surface area (Å²) in [6.45, 7) is 1.41. The van der Waals surface area contributed by atoms with Crippen molar-refractivity contribution in [1.29, 1.82) is 0 Å². The van der Waals surface area contributed by atoms with Crippen LogP contribution in [0.15, 0.2) is 0 Å². The molecular weight excluding hydrogens is 128 g/mol. The van der Waals surface area contributed by atoms with Crippen LogP contribution in [0.4, 0.5) is 0 Å². The minimum Gasteiger partial charge on any atom is -0.380 e. The minimum atomic E-state index is 0.688. The molecular formula is C4H9OS2. The summed E-state index contributed by atoms with van der Waals surface area (Å²) in [5.41, 5.74) is 0. The molecule has 0 aliphatic carbocycles. The Morgan fingerprint density at radius 2 is 2.14 bits per heavy atom. The van der Waals surface area contributed by atoms with Gasteiger partial charge in [-0.15, -0.1) is 0 Å². The molecule has 43 valence electrons. The smallest absolute Gasteiger partial charge is 0.0565 e. The van der Waals surface area contributed by atoms with Crippen LogP contribution in [0.1, 0.15) is 0 Å². The third-order valence-electron chi connectivity index (χ3n) is 0.463. The minimum absolute atomic E-state index is 0.688. The summed E-state index contributed by atoms with van der Waals surface area (Å²) in [4.78, 5) is 0. The molecule has 0 fully saturated rings. The molecule has 0 rings (SSSR count). The monoisotopic (exact) mass is 137 g/mol. The molecule has 0 saturated carbocycles. The Bertz CT molecular complexity index is 28.9. The van der Waals surface area contributed by atoms with Gasteiger partial charge in [0.25, 0.3) is 0 Å². The zero-order valence-electron chi connectivity index (χ0n) is 4.09. The summed E-state index contributed by atoms with van der Waals surface area (Å²) >= 11 is 8.55. The van der Waals surface area contributed by atoms with Crippen LogP contribution in [0.3, 0.4) is 0 Å². The molecule has 7 heavy (non-hydrogen) atoms. The summed E-state index contributed by atoms with van der Waals surface area (Å²) in [5.74, 6) is 1.48. The number of rotatable bonds is 4. The maximum Gasteiger partial charge on any atom is 0.0565 e. The van der Waals surface area contributed by atoms with E-state index in [1.54, 1.807) is 0 Å². The lowest BCUT2D eigenvalue weighted by molar-refractivity contribution is 0.167. The molecule has 0 N–H and O–H groups in total. The van der Waals surface area contributed by atoms with Crippen LogP contribution in [0.2, 0.25) is 0 Å². The van der Waals surface area contributed by atoms with E-state index in [2.05, 4.69) is 25.3 Å². The molecule has 0 aliphatic rings. The van der Waals surface area contributed by atoms with Crippen molar-refractivity contribution in [2.24, 2.45) is 0 Å². The van der Waals surface area contributed by atoms with E-state index in [-0.39, 0.29) is 0 Å². The van der Waals surface area contributed by atoms with E-state index in [9.17, 15) is 0 Å². The first kappa shape index (κ1) is 7.66. The highest BCUT2D eigenvalue weighted by Crippen LogP contribution is 1.79. The second-order valence-electron chi connectivity index (χ2n) is 1.04. The second kappa shape index (κ2) is 6.66. The maximum atomic E-state index is 4.95. The van der Waals surface area contributed by atoms with Crippen LogP contribution >= 0.6 is 25.3 Å². The third kappa shape index (κ3) is 6.66. The quantitative estimate of drug-likeness (QED) is 0.451. The zero-order chi connectivity index (χ0) is 5.54. The number of ether oxygens (including phenoxy) is 1. The summed E-state index contributed by atoms with van der Waals surface area (Å²) in [6.07, 6.45) is 0. The Morgan fingerprint density at radius 3 is 2.57 bits per heavy atom. The molecule has 0 heterocycles. The lowest BCUT2D eigenvalue weighted by Crippen LogP contribution is -1.97. The van der Waals surface area contributed by atoms with Crippen molar-refractivity contribution in [2.75, 3.05) is 24.7 Å². The van der Waals surface area contributed by atoms with E-state index in [0.717, 1.165) is 12.4 Å². The molecule has 0 aromatic heterocycles. The highest BCUT2D eigenvalue weighted by Gasteiger charge is 1.79. The number of thiol groups is 1. The SMILES string of the molecule is [S]CCOCCS. The lowest BCUT2D eigenvalue weighted by Gasteiger charge is -1.94. The molecule has 0 unspecified atom stereocenters. The molecule has 0 amide bonds. The van der Waals surface area contributed by atoms with Gasteiger partial charge in [0.2, 0.25) is 0 Å². The van der Waals surface area contributed by atoms with Crippen LogP contribution < -0.4 is 0 Å². The summed E-state index contributed by atoms with van der Waals surface area (Å²) in [5, 5.41) is 0. The Morgan fingerprint density at radius 1 is 1.43 bits per heavy atom. The summed E-state index contributed by atoms with van der Waals surface area (Å²) in [6, 6.07) is 0. The van der Waals surface area contributed by atoms with Gasteiger partial charge in [0.1, 0.15) is 0 Å². The fourth-order valence-corrected chi connectivity index (χ4v) is 0.472. The van der Waals surface area contributed by atoms with E-state index < -0.39 is 0 Å². The molecule has 0 aliphatic heterocycles. The number of hydrogen-bond acceptors (Lipinski definition) is 2. The Labute approximate surface area is 55.3 Å². The van der Waals surface area contributed by atoms with Crippen molar-refractivity contribution in [3.05, 3.63) is 0 Å². The van der Waals surface area contributed by atoms with Crippen molar-refractivity contribution in [3.63, 3.8) is 0 Å². The first-order valence-corrected chi connectivity index (χ1v) is 3.39. The van der Waals surface area contributed by atoms with Crippen LogP contribution in [0.5, 0.6) is 0 Å². The first-order valence-electron chi connectivity index (χ1n) is 2.18. The van der Waals surface area contributed by atoms with Gasteiger partial charge in [-0.3, -0.25) is 0 Å². The van der Waals surface area contributed by atoms with Gasteiger partial charge in [-0.25, -0.2) is 0 Å². The average molecular weight is 137 g/mol. The summed E-state index contributed by atoms with van der Waals surface area (Å²) < 4.78 is 4.95. The van der Waals surface area contributed by atoms with Crippen molar-refractivity contribution < 1.29 is 4.74 Å². The normalized spacial score (nSPS) is 9.43. The molecule has 0 saturated heterocycles. The van der Waals surface area contributed by atoms with Gasteiger partial charge < -0.3 is 4.74 Å². The highest BCUT2D eigenvalue weighted by molar-refractivity contribution is 7.80. The topological polar surface area (TPSA) is 9.23 Å². The average Bonchev–Trinajstić information content (AvgIpc) is 1.69. The van der Waals surface area contributed by atoms with Crippen LogP contribution in [0, 0.1) is 0 Å². The van der Waals surface area contributed by atoms with Gasteiger partial charge in [0, 0.05) is 11.5 Å². The molecule has 0 bridgehead atoms. The van der Waals surface area contributed by atoms with Gasteiger partial charge in [-0.2, -0.15) is 12.6 Å². The molecule has 3 heteroatoms. The largest absolute Gasteiger partial charge is 0.380 e. The standard InChI is InChI=1S/C4H9OS2/c6-3-1-5-2-4-7/h6H,1-4H2. The van der Waals surface area contributed by atoms with Crippen molar-refractivity contribution in [1.82, 2.24) is 0 Å². The molecule has 1 nitrogen and oxygen atoms in total. The van der Waals surface area contributed by atoms with E-state index in [4.69, 9.17) is 4.74 Å². The van der Waals surface area contributed by atoms with E-state index in [1.807, 2.05) is 0 Å². The van der Waals surface area contributed by atoms with Gasteiger partial charge >= 0.3 is 0 Å². The lowest BCUT2D eigenvalue weighted by atomic mass is 10.8. The molecule has 0 aromatic carbocycles. The van der Waals surface area contributed by atoms with Crippen molar-refractivity contribution in [2.45, 2.75) is 0 Å². The van der Waals surface area contributed by atoms with E-state index in [1.165, 1.54) is 0 Å². The fourth-order valence-electron chi connectivity index (χ4n) is 0.226. The van der Waals surface area contributed by atoms with Crippen molar-refractivity contribution >= 4 is 25.3 Å². The van der Waals surface area contributed by atoms with Gasteiger partial charge in [-0.05, 0) is 0 Å². The van der Waals surface area contributed by atoms with E-state index >= 15 is 0 Å². The van der Waals surface area contributed by atoms with E-state index in [0.29, 0.717) is 12.4 Å². The maximum absolute atomic E-state index is 4.95. The van der Waals surface area contributed by atoms with Gasteiger partial charge in [-0.1, -0.05) is 12.6 Å². The van der Waals surface area contributed by atoms with Crippen LogP contribution in [0.25, 0.3) is 0 Å². The summed E-state index contributed by atoms with van der Waals surface area (Å²) in [7, 11) is 0. The third-order valence-corrected chi connectivity index (χ3v) is 0.813. The molecule has 0 spiro atoms. The Hall–Kier alpha value is 0.660. The molecule has 1 radical (unpaired) electrons. The first-order chi connectivity index (χ1) is 3.41. The van der Waals surface area contributed by atoms with Gasteiger partial charge in [0.05, 0.1) is 13.2 Å². The zero-order valence-corrected chi connectivity index (χ0v) is 5.80. The van der Waals surface area contributed by atoms with Crippen LogP contribution in [-0.4, -0.2) is 24.7 Å². The number of hydrogen-bond donors (Lipinski definition) is 1. The Balaban J connectivity index is 2.45. The van der Waals surface area contributed by atoms with Crippen LogP contribution in [-0.2, 0) is 4.74 Å². The fraction of sp³-hybridized carbons (Fsp3) is 1.00. The highest BCUT2D eigenvalue weighted by atomic mass is 32.1. The molecule has 0 atom stereocenters. The predicted octanol–water partition coefficient (Wildman–Crippen LogP) is 1.13. The van der Waals surface area contributed by atoms with Gasteiger partial charge in [0.15, 0.2) is 0 Å².